The van der Waals surface area contributed by atoms with Crippen LogP contribution in [0.25, 0.3) is 11.1 Å². The van der Waals surface area contributed by atoms with Crippen molar-refractivity contribution in [2.24, 2.45) is 0 Å². The number of hydrogen-bond donors (Lipinski definition) is 1. The van der Waals surface area contributed by atoms with E-state index in [2.05, 4.69) is 4.98 Å². The van der Waals surface area contributed by atoms with Crippen molar-refractivity contribution >= 4 is 40.0 Å². The molecule has 2 aromatic carbocycles. The average molecular weight is 374 g/mol. The Morgan fingerprint density at radius 3 is 2.56 bits per heavy atom. The molecule has 0 radical (unpaired) electrons. The van der Waals surface area contributed by atoms with Crippen molar-refractivity contribution < 1.29 is 13.4 Å². The lowest BCUT2D eigenvalue weighted by Gasteiger charge is -2.25. The third-order valence-corrected chi connectivity index (χ3v) is 5.39. The number of H-pyrrole nitrogens is 1. The molecule has 0 saturated heterocycles. The number of nitrogens with zero attached hydrogens (tertiary/aromatic N) is 1. The molecule has 1 amide bonds. The molecule has 1 heterocycles. The molecule has 1 aromatic heterocycles. The fourth-order valence-corrected chi connectivity index (χ4v) is 3.34. The van der Waals surface area contributed by atoms with Gasteiger partial charge in [-0.05, 0) is 55.0 Å². The predicted octanol–water partition coefficient (Wildman–Crippen LogP) is 4.06. The smallest absolute Gasteiger partial charge is 0.266 e. The summed E-state index contributed by atoms with van der Waals surface area (Å²) in [6, 6.07) is 12.6. The van der Waals surface area contributed by atoms with Crippen molar-refractivity contribution in [1.29, 1.82) is 0 Å². The Bertz CT molecular complexity index is 1010. The molecular weight excluding hydrogens is 356 g/mol. The second kappa shape index (κ2) is 6.93. The third-order valence-electron chi connectivity index (χ3n) is 4.26. The Kier molecular flexibility index (Phi) is 4.87. The number of hydrogen-bond acceptors (Lipinski definition) is 4. The molecule has 130 valence electrons. The van der Waals surface area contributed by atoms with Crippen LogP contribution in [0.1, 0.15) is 28.9 Å². The zero-order valence-corrected chi connectivity index (χ0v) is 15.7. The van der Waals surface area contributed by atoms with Crippen LogP contribution in [-0.4, -0.2) is 33.3 Å². The van der Waals surface area contributed by atoms with E-state index in [9.17, 15) is 9.00 Å². The van der Waals surface area contributed by atoms with Crippen molar-refractivity contribution in [3.63, 3.8) is 0 Å². The van der Waals surface area contributed by atoms with Crippen LogP contribution in [0.3, 0.4) is 0 Å². The molecule has 0 saturated carbocycles. The number of carbonyl (C=O) groups is 1. The Balaban J connectivity index is 1.84. The van der Waals surface area contributed by atoms with Gasteiger partial charge < -0.3 is 14.3 Å². The highest BCUT2D eigenvalue weighted by Crippen LogP contribution is 2.23. The van der Waals surface area contributed by atoms with E-state index in [-0.39, 0.29) is 16.8 Å². The molecule has 0 aliphatic carbocycles. The third kappa shape index (κ3) is 3.57. The molecule has 0 spiro atoms. The summed E-state index contributed by atoms with van der Waals surface area (Å²) in [4.78, 5) is 18.4. The average Bonchev–Trinajstić information content (AvgIpc) is 2.99. The van der Waals surface area contributed by atoms with Crippen molar-refractivity contribution in [3.05, 3.63) is 58.4 Å². The van der Waals surface area contributed by atoms with Crippen LogP contribution in [0.15, 0.2) is 51.8 Å². The largest absolute Gasteiger partial charge is 0.429 e. The number of oxazole rings is 1. The summed E-state index contributed by atoms with van der Waals surface area (Å²) in [7, 11) is 0.746. The topological polar surface area (TPSA) is 66.3 Å². The van der Waals surface area contributed by atoms with Gasteiger partial charge in [-0.3, -0.25) is 9.00 Å². The van der Waals surface area contributed by atoms with Crippen LogP contribution >= 0.6 is 12.2 Å². The first-order valence-corrected chi connectivity index (χ1v) is 9.67. The van der Waals surface area contributed by atoms with Gasteiger partial charge in [0, 0.05) is 34.6 Å². The van der Waals surface area contributed by atoms with E-state index < -0.39 is 10.8 Å². The fourth-order valence-electron chi connectivity index (χ4n) is 2.62. The number of benzene rings is 2. The quantitative estimate of drug-likeness (QED) is 0.700. The van der Waals surface area contributed by atoms with Crippen LogP contribution < -0.4 is 0 Å². The fraction of sp³-hybridized carbons (Fsp3) is 0.222. The number of carbonyl (C=O) groups excluding carboxylic acids is 1. The minimum Gasteiger partial charge on any atom is -0.429 e. The van der Waals surface area contributed by atoms with Crippen molar-refractivity contribution in [2.75, 3.05) is 13.3 Å². The van der Waals surface area contributed by atoms with Crippen LogP contribution in [0.4, 0.5) is 0 Å². The van der Waals surface area contributed by atoms with E-state index in [0.29, 0.717) is 11.1 Å². The predicted molar refractivity (Wildman–Crippen MR) is 101 cm³/mol. The SMILES string of the molecule is C[C@@H](c1ccc([S@@](C)=O)cc1)N(C)C(=O)c1ccc2[nH]c(=S)oc2c1. The number of rotatable bonds is 4. The molecule has 3 rings (SSSR count). The molecule has 25 heavy (non-hydrogen) atoms. The van der Waals surface area contributed by atoms with Gasteiger partial charge in [0.1, 0.15) is 0 Å². The molecule has 7 heteroatoms. The van der Waals surface area contributed by atoms with Gasteiger partial charge in [-0.15, -0.1) is 0 Å². The van der Waals surface area contributed by atoms with Gasteiger partial charge in [0.15, 0.2) is 5.58 Å². The summed E-state index contributed by atoms with van der Waals surface area (Å²) in [5.74, 6) is -0.111. The van der Waals surface area contributed by atoms with E-state index >= 15 is 0 Å². The molecule has 0 unspecified atom stereocenters. The first kappa shape index (κ1) is 17.6. The lowest BCUT2D eigenvalue weighted by molar-refractivity contribution is 0.0742. The Labute approximate surface area is 153 Å². The summed E-state index contributed by atoms with van der Waals surface area (Å²) >= 11 is 4.97. The first-order chi connectivity index (χ1) is 11.9. The minimum atomic E-state index is -1.01. The van der Waals surface area contributed by atoms with Crippen LogP contribution in [0.2, 0.25) is 0 Å². The Hall–Kier alpha value is -2.25. The second-order valence-electron chi connectivity index (χ2n) is 5.84. The molecule has 0 bridgehead atoms. The van der Waals surface area contributed by atoms with Gasteiger partial charge in [-0.1, -0.05) is 12.1 Å². The standard InChI is InChI=1S/C18H18N2O3S2/c1-11(12-4-7-14(8-5-12)25(3)22)20(2)17(21)13-6-9-15-16(10-13)23-18(24)19-15/h4-11H,1-3H3,(H,19,24)/t11-,25+/m0/s1. The zero-order chi connectivity index (χ0) is 18.1. The second-order valence-corrected chi connectivity index (χ2v) is 7.59. The number of aromatic amines is 1. The Morgan fingerprint density at radius 1 is 1.24 bits per heavy atom. The highest BCUT2D eigenvalue weighted by molar-refractivity contribution is 7.84. The van der Waals surface area contributed by atoms with E-state index in [1.165, 1.54) is 0 Å². The van der Waals surface area contributed by atoms with E-state index in [1.54, 1.807) is 36.4 Å². The van der Waals surface area contributed by atoms with Gasteiger partial charge in [-0.25, -0.2) is 0 Å². The van der Waals surface area contributed by atoms with E-state index in [0.717, 1.165) is 16.0 Å². The van der Waals surface area contributed by atoms with Crippen LogP contribution in [0.5, 0.6) is 0 Å². The van der Waals surface area contributed by atoms with Crippen molar-refractivity contribution in [3.8, 4) is 0 Å². The number of aromatic nitrogens is 1. The molecule has 0 aliphatic rings. The highest BCUT2D eigenvalue weighted by Gasteiger charge is 2.20. The molecule has 0 aliphatic heterocycles. The molecule has 5 nitrogen and oxygen atoms in total. The molecule has 2 atom stereocenters. The molecule has 0 fully saturated rings. The monoisotopic (exact) mass is 374 g/mol. The van der Waals surface area contributed by atoms with E-state index in [4.69, 9.17) is 16.6 Å². The zero-order valence-electron chi connectivity index (χ0n) is 14.1. The van der Waals surface area contributed by atoms with Gasteiger partial charge in [0.25, 0.3) is 10.7 Å². The van der Waals surface area contributed by atoms with Crippen molar-refractivity contribution in [2.45, 2.75) is 17.9 Å². The molecule has 3 aromatic rings. The maximum Gasteiger partial charge on any atom is 0.266 e. The summed E-state index contributed by atoms with van der Waals surface area (Å²) in [5, 5.41) is 0. The highest BCUT2D eigenvalue weighted by atomic mass is 32.2. The van der Waals surface area contributed by atoms with E-state index in [1.807, 2.05) is 31.2 Å². The molecular formula is C18H18N2O3S2. The number of amides is 1. The summed E-state index contributed by atoms with van der Waals surface area (Å²) in [6.07, 6.45) is 1.64. The molecule has 1 N–H and O–H groups in total. The van der Waals surface area contributed by atoms with Gasteiger partial charge in [0.2, 0.25) is 0 Å². The van der Waals surface area contributed by atoms with Crippen LogP contribution in [0, 0.1) is 4.84 Å². The van der Waals surface area contributed by atoms with Crippen molar-refractivity contribution in [1.82, 2.24) is 9.88 Å². The maximum absolute atomic E-state index is 12.8. The minimum absolute atomic E-state index is 0.111. The lowest BCUT2D eigenvalue weighted by Crippen LogP contribution is -2.29. The summed E-state index contributed by atoms with van der Waals surface area (Å²) < 4.78 is 16.9. The lowest BCUT2D eigenvalue weighted by atomic mass is 10.1. The first-order valence-electron chi connectivity index (χ1n) is 7.70. The van der Waals surface area contributed by atoms with Gasteiger partial charge in [-0.2, -0.15) is 0 Å². The number of nitrogens with one attached hydrogen (secondary N) is 1. The summed E-state index contributed by atoms with van der Waals surface area (Å²) in [6.45, 7) is 1.95. The van der Waals surface area contributed by atoms with Crippen LogP contribution in [-0.2, 0) is 10.8 Å². The van der Waals surface area contributed by atoms with Gasteiger partial charge in [0.05, 0.1) is 11.6 Å². The summed E-state index contributed by atoms with van der Waals surface area (Å²) in [5.41, 5.74) is 2.84. The Morgan fingerprint density at radius 2 is 1.92 bits per heavy atom. The normalized spacial score (nSPS) is 13.6. The maximum atomic E-state index is 12.8. The van der Waals surface area contributed by atoms with Gasteiger partial charge >= 0.3 is 0 Å². The number of fused-ring (bicyclic) bond motifs is 1.